The van der Waals surface area contributed by atoms with Crippen molar-refractivity contribution >= 4 is 65.2 Å². The highest BCUT2D eigenvalue weighted by atomic mass is 16.3. The number of para-hydroxylation sites is 1. The number of hydrogen-bond acceptors (Lipinski definition) is 2. The molecule has 0 aliphatic heterocycles. The first-order chi connectivity index (χ1) is 19.8. The van der Waals surface area contributed by atoms with Gasteiger partial charge in [-0.25, -0.2) is 0 Å². The van der Waals surface area contributed by atoms with E-state index < -0.39 is 0 Å². The van der Waals surface area contributed by atoms with Gasteiger partial charge in [0.25, 0.3) is 0 Å². The molecule has 0 spiro atoms. The molecule has 9 rings (SSSR count). The van der Waals surface area contributed by atoms with Crippen molar-refractivity contribution in [2.45, 2.75) is 0 Å². The summed E-state index contributed by atoms with van der Waals surface area (Å²) in [4.78, 5) is 0. The number of rotatable bonds is 2. The maximum Gasteiger partial charge on any atom is 0.143 e. The minimum Gasteiger partial charge on any atom is -0.464 e. The van der Waals surface area contributed by atoms with Crippen LogP contribution < -0.4 is 0 Å². The van der Waals surface area contributed by atoms with E-state index in [-0.39, 0.29) is 0 Å². The standard InChI is InChI=1S/C38H22O2/c1-2-11-25-23(9-1)10-7-16-26(25)36-27-12-3-5-14-29(27)37(30-15-6-4-13-28(30)36)32-18-8-17-31-33-21-24-19-20-39-34(24)22-35(33)40-38(31)32/h1-22H. The van der Waals surface area contributed by atoms with Crippen LogP contribution in [0.5, 0.6) is 0 Å². The average Bonchev–Trinajstić information content (AvgIpc) is 3.62. The van der Waals surface area contributed by atoms with E-state index in [9.17, 15) is 0 Å². The Morgan fingerprint density at radius 1 is 0.375 bits per heavy atom. The monoisotopic (exact) mass is 510 g/mol. The lowest BCUT2D eigenvalue weighted by molar-refractivity contribution is 0.613. The zero-order valence-corrected chi connectivity index (χ0v) is 21.5. The molecule has 186 valence electrons. The van der Waals surface area contributed by atoms with Gasteiger partial charge in [0.1, 0.15) is 16.7 Å². The highest BCUT2D eigenvalue weighted by Crippen LogP contribution is 2.47. The van der Waals surface area contributed by atoms with E-state index in [0.717, 1.165) is 38.5 Å². The predicted molar refractivity (Wildman–Crippen MR) is 167 cm³/mol. The molecule has 0 aliphatic rings. The fourth-order valence-electron chi connectivity index (χ4n) is 6.60. The van der Waals surface area contributed by atoms with Gasteiger partial charge in [-0.15, -0.1) is 0 Å². The molecule has 0 unspecified atom stereocenters. The van der Waals surface area contributed by atoms with Crippen molar-refractivity contribution < 1.29 is 8.83 Å². The second kappa shape index (κ2) is 8.08. The summed E-state index contributed by atoms with van der Waals surface area (Å²) in [5.74, 6) is 0. The van der Waals surface area contributed by atoms with Crippen LogP contribution in [0.3, 0.4) is 0 Å². The molecule has 0 fully saturated rings. The summed E-state index contributed by atoms with van der Waals surface area (Å²) in [6.45, 7) is 0. The van der Waals surface area contributed by atoms with Crippen LogP contribution in [-0.4, -0.2) is 0 Å². The predicted octanol–water partition coefficient (Wildman–Crippen LogP) is 11.1. The Morgan fingerprint density at radius 2 is 0.950 bits per heavy atom. The zero-order chi connectivity index (χ0) is 26.2. The largest absolute Gasteiger partial charge is 0.464 e. The van der Waals surface area contributed by atoms with Gasteiger partial charge in [0.15, 0.2) is 0 Å². The molecule has 2 heterocycles. The van der Waals surface area contributed by atoms with Gasteiger partial charge in [0, 0.05) is 33.4 Å². The van der Waals surface area contributed by atoms with Crippen molar-refractivity contribution in [1.82, 2.24) is 0 Å². The summed E-state index contributed by atoms with van der Waals surface area (Å²) in [5.41, 5.74) is 7.39. The average molecular weight is 511 g/mol. The van der Waals surface area contributed by atoms with Gasteiger partial charge >= 0.3 is 0 Å². The summed E-state index contributed by atoms with van der Waals surface area (Å²) in [5, 5.41) is 10.7. The van der Waals surface area contributed by atoms with Crippen molar-refractivity contribution in [3.63, 3.8) is 0 Å². The van der Waals surface area contributed by atoms with Gasteiger partial charge in [0.2, 0.25) is 0 Å². The molecule has 9 aromatic rings. The first-order valence-corrected chi connectivity index (χ1v) is 13.6. The normalized spacial score (nSPS) is 12.0. The lowest BCUT2D eigenvalue weighted by Crippen LogP contribution is -1.91. The number of furan rings is 2. The first kappa shape index (κ1) is 21.6. The fourth-order valence-corrected chi connectivity index (χ4v) is 6.60. The van der Waals surface area contributed by atoms with Gasteiger partial charge < -0.3 is 8.83 Å². The lowest BCUT2D eigenvalue weighted by atomic mass is 9.84. The minimum absolute atomic E-state index is 0.837. The molecule has 0 amide bonds. The molecule has 2 aromatic heterocycles. The second-order valence-electron chi connectivity index (χ2n) is 10.5. The molecule has 7 aromatic carbocycles. The third-order valence-corrected chi connectivity index (χ3v) is 8.33. The van der Waals surface area contributed by atoms with Crippen molar-refractivity contribution in [2.24, 2.45) is 0 Å². The topological polar surface area (TPSA) is 26.3 Å². The third-order valence-electron chi connectivity index (χ3n) is 8.33. The van der Waals surface area contributed by atoms with E-state index in [1.807, 2.05) is 12.1 Å². The van der Waals surface area contributed by atoms with Gasteiger partial charge in [-0.2, -0.15) is 0 Å². The molecule has 0 saturated heterocycles. The number of hydrogen-bond donors (Lipinski definition) is 0. The fraction of sp³-hybridized carbons (Fsp3) is 0. The van der Waals surface area contributed by atoms with E-state index in [0.29, 0.717) is 0 Å². The minimum atomic E-state index is 0.837. The molecule has 0 bridgehead atoms. The first-order valence-electron chi connectivity index (χ1n) is 13.6. The highest BCUT2D eigenvalue weighted by Gasteiger charge is 2.21. The van der Waals surface area contributed by atoms with E-state index in [2.05, 4.69) is 115 Å². The molecule has 0 aliphatic carbocycles. The molecule has 0 N–H and O–H groups in total. The second-order valence-corrected chi connectivity index (χ2v) is 10.5. The summed E-state index contributed by atoms with van der Waals surface area (Å²) < 4.78 is 12.3. The molecule has 2 nitrogen and oxygen atoms in total. The maximum absolute atomic E-state index is 6.63. The molecule has 40 heavy (non-hydrogen) atoms. The van der Waals surface area contributed by atoms with Crippen molar-refractivity contribution in [3.05, 3.63) is 134 Å². The third kappa shape index (κ3) is 2.93. The van der Waals surface area contributed by atoms with Crippen LogP contribution >= 0.6 is 0 Å². The van der Waals surface area contributed by atoms with Crippen LogP contribution in [0.4, 0.5) is 0 Å². The number of benzene rings is 7. The van der Waals surface area contributed by atoms with E-state index in [1.54, 1.807) is 6.26 Å². The summed E-state index contributed by atoms with van der Waals surface area (Å²) in [6, 6.07) is 45.5. The molecule has 2 heteroatoms. The quantitative estimate of drug-likeness (QED) is 0.216. The van der Waals surface area contributed by atoms with Crippen LogP contribution in [0.1, 0.15) is 0 Å². The van der Waals surface area contributed by atoms with Crippen LogP contribution in [0.15, 0.2) is 142 Å². The maximum atomic E-state index is 6.63. The summed E-state index contributed by atoms with van der Waals surface area (Å²) in [6.07, 6.45) is 1.73. The number of fused-ring (bicyclic) bond motifs is 7. The van der Waals surface area contributed by atoms with Crippen molar-refractivity contribution in [1.29, 1.82) is 0 Å². The van der Waals surface area contributed by atoms with Crippen LogP contribution in [0.25, 0.3) is 87.5 Å². The van der Waals surface area contributed by atoms with Gasteiger partial charge in [-0.1, -0.05) is 109 Å². The van der Waals surface area contributed by atoms with E-state index >= 15 is 0 Å². The SMILES string of the molecule is c1ccc2c(-c3c4ccccc4c(-c4cccc5c4oc4cc6occc6cc45)c4ccccc34)cccc2c1. The Kier molecular flexibility index (Phi) is 4.36. The van der Waals surface area contributed by atoms with Gasteiger partial charge in [-0.05, 0) is 55.6 Å². The van der Waals surface area contributed by atoms with Crippen LogP contribution in [-0.2, 0) is 0 Å². The van der Waals surface area contributed by atoms with Crippen LogP contribution in [0, 0.1) is 0 Å². The van der Waals surface area contributed by atoms with E-state index in [1.165, 1.54) is 49.0 Å². The highest BCUT2D eigenvalue weighted by molar-refractivity contribution is 6.26. The van der Waals surface area contributed by atoms with Crippen molar-refractivity contribution in [2.75, 3.05) is 0 Å². The molecule has 0 radical (unpaired) electrons. The Hall–Kier alpha value is -5.34. The molecular weight excluding hydrogens is 488 g/mol. The van der Waals surface area contributed by atoms with Crippen LogP contribution in [0.2, 0.25) is 0 Å². The Labute approximate surface area is 229 Å². The Morgan fingerprint density at radius 3 is 1.70 bits per heavy atom. The Balaban J connectivity index is 1.44. The van der Waals surface area contributed by atoms with E-state index in [4.69, 9.17) is 8.83 Å². The molecule has 0 saturated carbocycles. The van der Waals surface area contributed by atoms with Crippen molar-refractivity contribution in [3.8, 4) is 22.3 Å². The smallest absolute Gasteiger partial charge is 0.143 e. The summed E-state index contributed by atoms with van der Waals surface area (Å²) >= 11 is 0. The van der Waals surface area contributed by atoms with Gasteiger partial charge in [0.05, 0.1) is 6.26 Å². The molecular formula is C38H22O2. The zero-order valence-electron chi connectivity index (χ0n) is 21.5. The van der Waals surface area contributed by atoms with Gasteiger partial charge in [-0.3, -0.25) is 0 Å². The molecule has 0 atom stereocenters. The summed E-state index contributed by atoms with van der Waals surface area (Å²) in [7, 11) is 0. The lowest BCUT2D eigenvalue weighted by Gasteiger charge is -2.18. The Bertz CT molecular complexity index is 2370.